The molecule has 2 rings (SSSR count). The van der Waals surface area contributed by atoms with Crippen molar-refractivity contribution >= 4 is 27.7 Å². The highest BCUT2D eigenvalue weighted by atomic mass is 79.9. The van der Waals surface area contributed by atoms with Gasteiger partial charge in [-0.15, -0.1) is 0 Å². The fourth-order valence-electron chi connectivity index (χ4n) is 2.06. The van der Waals surface area contributed by atoms with E-state index in [9.17, 15) is 31.1 Å². The summed E-state index contributed by atoms with van der Waals surface area (Å²) in [5, 5.41) is 6.09. The number of nitrogens with zero attached hydrogens (tertiary/aromatic N) is 2. The molecule has 11 heteroatoms. The van der Waals surface area contributed by atoms with Gasteiger partial charge in [0.1, 0.15) is 4.60 Å². The Kier molecular flexibility index (Phi) is 5.17. The first-order valence-electron chi connectivity index (χ1n) is 6.64. The summed E-state index contributed by atoms with van der Waals surface area (Å²) in [7, 11) is 1.55. The standard InChI is InChI=1S/C14H10BrF6N3O/c1-24-10(15)6-11(23-24)22-12(25)5-7-4-8(13(16,17)18)2-3-9(7)14(19,20)21/h2-4,6H,5H2,1H3,(H,22,23,25). The van der Waals surface area contributed by atoms with Crippen molar-refractivity contribution in [1.82, 2.24) is 9.78 Å². The number of hydrogen-bond donors (Lipinski definition) is 1. The topological polar surface area (TPSA) is 46.9 Å². The predicted octanol–water partition coefficient (Wildman–Crippen LogP) is 4.40. The molecular weight excluding hydrogens is 420 g/mol. The number of carbonyl (C=O) groups excluding carboxylic acids is 1. The third-order valence-corrected chi connectivity index (χ3v) is 3.92. The van der Waals surface area contributed by atoms with E-state index in [1.54, 1.807) is 7.05 Å². The molecule has 1 N–H and O–H groups in total. The SMILES string of the molecule is Cn1nc(NC(=O)Cc2cc(C(F)(F)F)ccc2C(F)(F)F)cc1Br. The van der Waals surface area contributed by atoms with Crippen LogP contribution in [0.1, 0.15) is 16.7 Å². The van der Waals surface area contributed by atoms with Crippen molar-refractivity contribution in [3.63, 3.8) is 0 Å². The molecule has 4 nitrogen and oxygen atoms in total. The van der Waals surface area contributed by atoms with Gasteiger partial charge in [0, 0.05) is 13.1 Å². The highest BCUT2D eigenvalue weighted by Crippen LogP contribution is 2.36. The van der Waals surface area contributed by atoms with Gasteiger partial charge < -0.3 is 5.32 Å². The van der Waals surface area contributed by atoms with Gasteiger partial charge in [0.25, 0.3) is 0 Å². The largest absolute Gasteiger partial charge is 0.416 e. The van der Waals surface area contributed by atoms with E-state index < -0.39 is 41.4 Å². The lowest BCUT2D eigenvalue weighted by Crippen LogP contribution is -2.19. The highest BCUT2D eigenvalue weighted by Gasteiger charge is 2.37. The zero-order valence-corrected chi connectivity index (χ0v) is 14.1. The average molecular weight is 430 g/mol. The first-order chi connectivity index (χ1) is 11.4. The zero-order chi connectivity index (χ0) is 19.0. The number of hydrogen-bond acceptors (Lipinski definition) is 2. The lowest BCUT2D eigenvalue weighted by Gasteiger charge is -2.15. The molecule has 0 radical (unpaired) electrons. The molecule has 1 aromatic heterocycles. The van der Waals surface area contributed by atoms with Crippen LogP contribution in [0.3, 0.4) is 0 Å². The van der Waals surface area contributed by atoms with Crippen LogP contribution in [0.4, 0.5) is 32.2 Å². The minimum atomic E-state index is -4.88. The minimum absolute atomic E-state index is 0.0555. The summed E-state index contributed by atoms with van der Waals surface area (Å²) in [4.78, 5) is 11.9. The van der Waals surface area contributed by atoms with Crippen molar-refractivity contribution in [2.24, 2.45) is 7.05 Å². The van der Waals surface area contributed by atoms with Gasteiger partial charge in [-0.25, -0.2) is 0 Å². The van der Waals surface area contributed by atoms with Crippen LogP contribution < -0.4 is 5.32 Å². The number of aryl methyl sites for hydroxylation is 1. The Morgan fingerprint density at radius 1 is 1.16 bits per heavy atom. The summed E-state index contributed by atoms with van der Waals surface area (Å²) >= 11 is 3.12. The van der Waals surface area contributed by atoms with Crippen molar-refractivity contribution in [2.75, 3.05) is 5.32 Å². The maximum atomic E-state index is 13.0. The second-order valence-corrected chi connectivity index (χ2v) is 5.88. The molecule has 0 bridgehead atoms. The molecule has 0 saturated carbocycles. The molecule has 0 atom stereocenters. The minimum Gasteiger partial charge on any atom is -0.309 e. The van der Waals surface area contributed by atoms with E-state index >= 15 is 0 Å². The Balaban J connectivity index is 2.30. The molecule has 25 heavy (non-hydrogen) atoms. The van der Waals surface area contributed by atoms with Gasteiger partial charge in [-0.2, -0.15) is 31.4 Å². The Morgan fingerprint density at radius 3 is 2.28 bits per heavy atom. The maximum absolute atomic E-state index is 13.0. The van der Waals surface area contributed by atoms with Gasteiger partial charge in [-0.1, -0.05) is 0 Å². The van der Waals surface area contributed by atoms with Crippen LogP contribution in [0.15, 0.2) is 28.9 Å². The van der Waals surface area contributed by atoms with Gasteiger partial charge in [-0.05, 0) is 39.7 Å². The lowest BCUT2D eigenvalue weighted by molar-refractivity contribution is -0.142. The molecule has 0 aliphatic rings. The molecule has 0 aliphatic carbocycles. The molecule has 0 saturated heterocycles. The number of nitrogens with one attached hydrogen (secondary N) is 1. The molecule has 136 valence electrons. The summed E-state index contributed by atoms with van der Waals surface area (Å²) in [5.74, 6) is -0.865. The van der Waals surface area contributed by atoms with E-state index in [2.05, 4.69) is 26.3 Å². The molecule has 1 aromatic carbocycles. The van der Waals surface area contributed by atoms with Crippen LogP contribution in [-0.2, 0) is 30.6 Å². The van der Waals surface area contributed by atoms with E-state index in [0.29, 0.717) is 22.8 Å². The van der Waals surface area contributed by atoms with Crippen molar-refractivity contribution < 1.29 is 31.1 Å². The van der Waals surface area contributed by atoms with E-state index in [0.717, 1.165) is 0 Å². The number of aromatic nitrogens is 2. The number of anilines is 1. The summed E-state index contributed by atoms with van der Waals surface area (Å²) in [6, 6.07) is 2.38. The second kappa shape index (κ2) is 6.70. The summed E-state index contributed by atoms with van der Waals surface area (Å²) in [6.45, 7) is 0. The van der Waals surface area contributed by atoms with E-state index in [1.807, 2.05) is 0 Å². The molecule has 0 aliphatic heterocycles. The number of benzene rings is 1. The Morgan fingerprint density at radius 2 is 1.80 bits per heavy atom. The third-order valence-electron chi connectivity index (χ3n) is 3.18. The number of rotatable bonds is 3. The van der Waals surface area contributed by atoms with Gasteiger partial charge in [0.05, 0.1) is 17.5 Å². The van der Waals surface area contributed by atoms with Crippen molar-refractivity contribution in [3.05, 3.63) is 45.6 Å². The van der Waals surface area contributed by atoms with E-state index in [-0.39, 0.29) is 5.82 Å². The average Bonchev–Trinajstić information content (AvgIpc) is 2.74. The first-order valence-corrected chi connectivity index (χ1v) is 7.44. The fourth-order valence-corrected chi connectivity index (χ4v) is 2.35. The molecule has 0 fully saturated rings. The number of alkyl halides is 6. The molecule has 2 aromatic rings. The predicted molar refractivity (Wildman–Crippen MR) is 79.7 cm³/mol. The van der Waals surface area contributed by atoms with Crippen molar-refractivity contribution in [1.29, 1.82) is 0 Å². The molecular formula is C14H10BrF6N3O. The van der Waals surface area contributed by atoms with Gasteiger partial charge in [0.2, 0.25) is 5.91 Å². The van der Waals surface area contributed by atoms with Gasteiger partial charge in [0.15, 0.2) is 5.82 Å². The van der Waals surface area contributed by atoms with Crippen molar-refractivity contribution in [3.8, 4) is 0 Å². The normalized spacial score (nSPS) is 12.3. The van der Waals surface area contributed by atoms with Crippen LogP contribution in [0.25, 0.3) is 0 Å². The van der Waals surface area contributed by atoms with Crippen LogP contribution >= 0.6 is 15.9 Å². The summed E-state index contributed by atoms with van der Waals surface area (Å²) < 4.78 is 79.0. The second-order valence-electron chi connectivity index (χ2n) is 5.07. The molecule has 1 heterocycles. The van der Waals surface area contributed by atoms with E-state index in [1.165, 1.54) is 10.7 Å². The first kappa shape index (κ1) is 19.3. The smallest absolute Gasteiger partial charge is 0.309 e. The zero-order valence-electron chi connectivity index (χ0n) is 12.5. The van der Waals surface area contributed by atoms with E-state index in [4.69, 9.17) is 0 Å². The lowest BCUT2D eigenvalue weighted by atomic mass is 10.00. The number of amides is 1. The Labute approximate surface area is 145 Å². The molecule has 0 spiro atoms. The molecule has 0 unspecified atom stereocenters. The highest BCUT2D eigenvalue weighted by molar-refractivity contribution is 9.10. The van der Waals surface area contributed by atoms with Crippen LogP contribution in [0.5, 0.6) is 0 Å². The Hall–Kier alpha value is -2.04. The van der Waals surface area contributed by atoms with Crippen LogP contribution in [0, 0.1) is 0 Å². The van der Waals surface area contributed by atoms with Crippen LogP contribution in [-0.4, -0.2) is 15.7 Å². The summed E-state index contributed by atoms with van der Waals surface area (Å²) in [5.41, 5.74) is -3.32. The van der Waals surface area contributed by atoms with Gasteiger partial charge in [-0.3, -0.25) is 9.48 Å². The third kappa shape index (κ3) is 4.74. The quantitative estimate of drug-likeness (QED) is 0.735. The summed E-state index contributed by atoms with van der Waals surface area (Å²) in [6.07, 6.45) is -10.6. The number of carbonyl (C=O) groups is 1. The van der Waals surface area contributed by atoms with Gasteiger partial charge >= 0.3 is 12.4 Å². The van der Waals surface area contributed by atoms with Crippen molar-refractivity contribution in [2.45, 2.75) is 18.8 Å². The Bertz CT molecular complexity index is 777. The molecule has 1 amide bonds. The monoisotopic (exact) mass is 429 g/mol. The van der Waals surface area contributed by atoms with Crippen LogP contribution in [0.2, 0.25) is 0 Å². The fraction of sp³-hybridized carbons (Fsp3) is 0.286. The maximum Gasteiger partial charge on any atom is 0.416 e. The number of halogens is 7.